The second-order valence-corrected chi connectivity index (χ2v) is 26.6. The molecule has 0 aliphatic carbocycles. The van der Waals surface area contributed by atoms with Crippen LogP contribution in [-0.2, 0) is 52.7 Å². The largest absolute Gasteiger partial charge is 0.390 e. The lowest BCUT2D eigenvalue weighted by molar-refractivity contribution is -0.157. The van der Waals surface area contributed by atoms with E-state index in [9.17, 15) is 53.1 Å². The molecule has 1 heterocycles. The number of rotatable bonds is 15. The first-order valence-electron chi connectivity index (χ1n) is 31.5. The Morgan fingerprint density at radius 1 is 0.522 bits per heavy atom. The lowest BCUT2D eigenvalue weighted by atomic mass is 9.91. The molecule has 27 nitrogen and oxygen atoms in total. The third-order valence-corrected chi connectivity index (χ3v) is 16.2. The van der Waals surface area contributed by atoms with Crippen LogP contribution in [0, 0.1) is 41.4 Å². The summed E-state index contributed by atoms with van der Waals surface area (Å²) in [6.07, 6.45) is 3.04. The highest BCUT2D eigenvalue weighted by Gasteiger charge is 2.45. The van der Waals surface area contributed by atoms with E-state index in [2.05, 4.69) is 27.0 Å². The molecular formula is C63H115N13O14. The molecule has 516 valence electrons. The van der Waals surface area contributed by atoms with Crippen LogP contribution >= 0.6 is 0 Å². The topological polar surface area (TPSA) is 354 Å². The first-order chi connectivity index (χ1) is 41.5. The molecule has 0 saturated carbocycles. The molecule has 1 saturated heterocycles. The van der Waals surface area contributed by atoms with Crippen molar-refractivity contribution in [3.63, 3.8) is 0 Å². The van der Waals surface area contributed by atoms with Gasteiger partial charge in [0, 0.05) is 49.3 Å². The number of nitrogens with one attached hydrogen (secondary N) is 5. The Bertz CT molecular complexity index is 2460. The summed E-state index contributed by atoms with van der Waals surface area (Å²) in [5.41, 5.74) is 5.46. The van der Waals surface area contributed by atoms with E-state index in [0.29, 0.717) is 6.42 Å². The fourth-order valence-electron chi connectivity index (χ4n) is 10.7. The molecular weight excluding hydrogens is 1160 g/mol. The number of hydrogen-bond acceptors (Lipinski definition) is 14. The highest BCUT2D eigenvalue weighted by molar-refractivity contribution is 5.99. The second-order valence-electron chi connectivity index (χ2n) is 26.6. The molecule has 0 bridgehead atoms. The Balaban J connectivity index is 0.0000152. The minimum absolute atomic E-state index is 0.0229. The Kier molecular flexibility index (Phi) is 35.7. The Labute approximate surface area is 536 Å². The quantitative estimate of drug-likeness (QED) is 0.0663. The summed E-state index contributed by atoms with van der Waals surface area (Å²) in [5, 5.41) is 30.5. The van der Waals surface area contributed by atoms with Crippen molar-refractivity contribution < 1.29 is 67.8 Å². The van der Waals surface area contributed by atoms with Crippen molar-refractivity contribution in [1.82, 2.24) is 61.0 Å². The summed E-state index contributed by atoms with van der Waals surface area (Å²) in [6.45, 7) is 29.3. The van der Waals surface area contributed by atoms with Crippen molar-refractivity contribution in [2.45, 2.75) is 223 Å². The van der Waals surface area contributed by atoms with Crippen molar-refractivity contribution in [3.8, 4) is 0 Å². The fourth-order valence-corrected chi connectivity index (χ4v) is 10.7. The van der Waals surface area contributed by atoms with Crippen molar-refractivity contribution in [2.24, 2.45) is 47.2 Å². The fraction of sp³-hybridized carbons (Fsp3) is 0.778. The zero-order valence-electron chi connectivity index (χ0n) is 58.5. The van der Waals surface area contributed by atoms with Gasteiger partial charge in [-0.25, -0.2) is 10.3 Å². The third-order valence-electron chi connectivity index (χ3n) is 16.2. The molecule has 12 atom stereocenters. The van der Waals surface area contributed by atoms with Gasteiger partial charge in [0.15, 0.2) is 0 Å². The number of carbonyl (C=O) groups excluding carboxylic acids is 12. The zero-order chi connectivity index (χ0) is 70.3. The SMILES string of the molecule is CC=CCC(C)C(O)C1C(=O)NC(CC)C(=O)N(C)CC(=O)N(C)C(CC(C)C)C(=O)NC(C(C)C)C(=O)N(C)C(CC(C)C)C(=O)NC(C)C(=O)NC(C)C(=O)N(C)C(CC(C)C)C(=O)N(C)C(CC(C)C)C(=O)N(C)C(C(C)C)C(=O)N1C.NC(=O)NO. The van der Waals surface area contributed by atoms with Gasteiger partial charge in [0.2, 0.25) is 65.0 Å². The molecule has 0 aromatic rings. The van der Waals surface area contributed by atoms with Gasteiger partial charge in [0.1, 0.15) is 60.4 Å². The molecule has 90 heavy (non-hydrogen) atoms. The normalized spacial score (nSPS) is 25.8. The Morgan fingerprint density at radius 3 is 1.34 bits per heavy atom. The molecule has 13 amide bonds. The van der Waals surface area contributed by atoms with Gasteiger partial charge in [-0.1, -0.05) is 109 Å². The highest BCUT2D eigenvalue weighted by Crippen LogP contribution is 2.26. The number of primary amides is 1. The maximum atomic E-state index is 15.1. The lowest BCUT2D eigenvalue weighted by Crippen LogP contribution is -2.63. The van der Waals surface area contributed by atoms with E-state index >= 15 is 9.59 Å². The summed E-state index contributed by atoms with van der Waals surface area (Å²) in [7, 11) is 9.92. The maximum Gasteiger partial charge on any atom is 0.335 e. The summed E-state index contributed by atoms with van der Waals surface area (Å²) in [5.74, 6) is -9.71. The second kappa shape index (κ2) is 38.7. The number of hydrogen-bond donors (Lipinski definition) is 8. The molecule has 1 rings (SSSR count). The zero-order valence-corrected chi connectivity index (χ0v) is 58.5. The van der Waals surface area contributed by atoms with Gasteiger partial charge in [-0.3, -0.25) is 57.9 Å². The van der Waals surface area contributed by atoms with Crippen molar-refractivity contribution in [2.75, 3.05) is 55.9 Å². The number of urea groups is 1. The Morgan fingerprint density at radius 2 is 0.922 bits per heavy atom. The van der Waals surface area contributed by atoms with Gasteiger partial charge in [-0.2, -0.15) is 0 Å². The Hall–Kier alpha value is -6.90. The van der Waals surface area contributed by atoms with E-state index in [4.69, 9.17) is 5.21 Å². The van der Waals surface area contributed by atoms with E-state index in [1.54, 1.807) is 54.5 Å². The lowest BCUT2D eigenvalue weighted by Gasteiger charge is -2.41. The first-order valence-corrected chi connectivity index (χ1v) is 31.5. The molecule has 0 radical (unpaired) electrons. The minimum atomic E-state index is -1.61. The summed E-state index contributed by atoms with van der Waals surface area (Å²) in [4.78, 5) is 178. The highest BCUT2D eigenvalue weighted by atomic mass is 16.5. The monoisotopic (exact) mass is 1280 g/mol. The number of nitrogens with two attached hydrogens (primary N) is 1. The van der Waals surface area contributed by atoms with Gasteiger partial charge >= 0.3 is 6.03 Å². The van der Waals surface area contributed by atoms with Crippen LogP contribution in [-0.4, -0.2) is 238 Å². The number of allylic oxidation sites excluding steroid dienone is 2. The van der Waals surface area contributed by atoms with E-state index in [0.717, 1.165) is 9.80 Å². The summed E-state index contributed by atoms with van der Waals surface area (Å²) in [6, 6.07) is -13.3. The number of likely N-dealkylation sites (N-methyl/N-ethyl adjacent to an activating group) is 7. The number of nitrogens with zero attached hydrogens (tertiary/aromatic N) is 7. The van der Waals surface area contributed by atoms with Crippen LogP contribution in [0.4, 0.5) is 4.79 Å². The predicted molar refractivity (Wildman–Crippen MR) is 343 cm³/mol. The van der Waals surface area contributed by atoms with Crippen LogP contribution in [0.1, 0.15) is 156 Å². The van der Waals surface area contributed by atoms with E-state index < -0.39 is 162 Å². The summed E-state index contributed by atoms with van der Waals surface area (Å²) < 4.78 is 0. The minimum Gasteiger partial charge on any atom is -0.390 e. The molecule has 1 aliphatic rings. The standard InChI is InChI=1S/C62H111N11O12.CH4N2O2/c1-25-27-28-40(15)52(75)51-56(79)65-43(26-2)58(81)67(18)33-48(74)68(19)44(29-34(3)4)55(78)66-49(38(11)12)61(84)69(20)45(30-35(5)6)54(77)63-41(16)53(76)64-42(17)57(80)70(21)46(31-36(7)8)59(82)71(22)47(32-37(9)10)60(83)72(23)50(39(13)14)62(85)73(51)24;2-1(4)3-5/h25,27,34-47,49-52,75H,26,28-33H2,1-24H3,(H,63,77)(H,64,76)(H,65,79)(H,66,78);5H,(H3,2,3,4). The molecule has 0 spiro atoms. The third kappa shape index (κ3) is 24.7. The number of aliphatic hydroxyl groups excluding tert-OH is 1. The number of amides is 13. The average Bonchev–Trinajstić information content (AvgIpc) is 0.838. The molecule has 12 unspecified atom stereocenters. The van der Waals surface area contributed by atoms with Gasteiger partial charge in [-0.05, 0) is 101 Å². The van der Waals surface area contributed by atoms with Crippen molar-refractivity contribution in [3.05, 3.63) is 12.2 Å². The molecule has 0 aromatic carbocycles. The first kappa shape index (κ1) is 83.1. The van der Waals surface area contributed by atoms with Crippen molar-refractivity contribution >= 4 is 71.0 Å². The van der Waals surface area contributed by atoms with Gasteiger partial charge in [0.05, 0.1) is 12.6 Å². The van der Waals surface area contributed by atoms with Gasteiger partial charge in [0.25, 0.3) is 0 Å². The van der Waals surface area contributed by atoms with Crippen LogP contribution < -0.4 is 32.5 Å². The van der Waals surface area contributed by atoms with Crippen LogP contribution in [0.15, 0.2) is 12.2 Å². The van der Waals surface area contributed by atoms with Crippen LogP contribution in [0.3, 0.4) is 0 Å². The average molecular weight is 1280 g/mol. The van der Waals surface area contributed by atoms with Crippen LogP contribution in [0.2, 0.25) is 0 Å². The van der Waals surface area contributed by atoms with Crippen molar-refractivity contribution in [1.29, 1.82) is 0 Å². The predicted octanol–water partition coefficient (Wildman–Crippen LogP) is 2.31. The van der Waals surface area contributed by atoms with Gasteiger partial charge < -0.3 is 66.4 Å². The number of hydroxylamine groups is 1. The van der Waals surface area contributed by atoms with Gasteiger partial charge in [-0.15, -0.1) is 0 Å². The molecule has 1 fully saturated rings. The maximum absolute atomic E-state index is 15.1. The van der Waals surface area contributed by atoms with E-state index in [1.165, 1.54) is 93.2 Å². The van der Waals surface area contributed by atoms with Crippen LogP contribution in [0.5, 0.6) is 0 Å². The van der Waals surface area contributed by atoms with Crippen LogP contribution in [0.25, 0.3) is 0 Å². The number of aliphatic hydroxyl groups is 1. The molecule has 27 heteroatoms. The molecule has 1 aliphatic heterocycles. The molecule has 0 aromatic heterocycles. The van der Waals surface area contributed by atoms with E-state index in [-0.39, 0.29) is 55.8 Å². The molecule has 9 N–H and O–H groups in total. The van der Waals surface area contributed by atoms with E-state index in [1.807, 2.05) is 61.5 Å². The summed E-state index contributed by atoms with van der Waals surface area (Å²) >= 11 is 0. The smallest absolute Gasteiger partial charge is 0.335 e. The number of carbonyl (C=O) groups is 12.